The van der Waals surface area contributed by atoms with Crippen molar-refractivity contribution in [2.75, 3.05) is 11.9 Å². The molecule has 2 rings (SSSR count). The fourth-order valence-electron chi connectivity index (χ4n) is 2.03. The number of hydrogen-bond donors (Lipinski definition) is 0. The van der Waals surface area contributed by atoms with Crippen LogP contribution in [0.4, 0.5) is 10.1 Å². The molecule has 0 saturated heterocycles. The van der Waals surface area contributed by atoms with E-state index in [1.165, 1.54) is 12.1 Å². The van der Waals surface area contributed by atoms with Crippen LogP contribution < -0.4 is 4.90 Å². The van der Waals surface area contributed by atoms with Crippen LogP contribution in [0.3, 0.4) is 0 Å². The lowest BCUT2D eigenvalue weighted by molar-refractivity contribution is 0.112. The van der Waals surface area contributed by atoms with Gasteiger partial charge in [0.1, 0.15) is 12.1 Å². The van der Waals surface area contributed by atoms with Crippen LogP contribution in [-0.2, 0) is 6.54 Å². The second-order valence-electron chi connectivity index (χ2n) is 4.64. The number of benzene rings is 2. The van der Waals surface area contributed by atoms with E-state index in [9.17, 15) is 9.18 Å². The molecule has 0 unspecified atom stereocenters. The Hall–Kier alpha value is -2.16. The number of aldehydes is 1. The summed E-state index contributed by atoms with van der Waals surface area (Å²) in [6.07, 6.45) is 0.853. The Kier molecular flexibility index (Phi) is 3.95. The molecule has 2 aromatic carbocycles. The standard InChI is InChI=1S/C16H16FNO/c1-12-8-16(7-6-14(12)11-19)18(2)10-13-4-3-5-15(17)9-13/h3-9,11H,10H2,1-2H3. The van der Waals surface area contributed by atoms with Crippen LogP contribution in [0, 0.1) is 12.7 Å². The highest BCUT2D eigenvalue weighted by molar-refractivity contribution is 5.78. The molecule has 0 saturated carbocycles. The van der Waals surface area contributed by atoms with Gasteiger partial charge in [0.25, 0.3) is 0 Å². The lowest BCUT2D eigenvalue weighted by Crippen LogP contribution is -2.16. The molecule has 2 nitrogen and oxygen atoms in total. The second-order valence-corrected chi connectivity index (χ2v) is 4.64. The maximum atomic E-state index is 13.1. The van der Waals surface area contributed by atoms with Crippen molar-refractivity contribution in [3.05, 3.63) is 65.0 Å². The molecule has 98 valence electrons. The Bertz CT molecular complexity index is 595. The minimum Gasteiger partial charge on any atom is -0.370 e. The first-order chi connectivity index (χ1) is 9.10. The van der Waals surface area contributed by atoms with E-state index in [1.807, 2.05) is 37.1 Å². The van der Waals surface area contributed by atoms with Crippen molar-refractivity contribution in [3.63, 3.8) is 0 Å². The predicted octanol–water partition coefficient (Wildman–Crippen LogP) is 3.58. The smallest absolute Gasteiger partial charge is 0.150 e. The summed E-state index contributed by atoms with van der Waals surface area (Å²) in [5, 5.41) is 0. The molecule has 0 heterocycles. The van der Waals surface area contributed by atoms with Crippen LogP contribution in [0.25, 0.3) is 0 Å². The molecule has 0 atom stereocenters. The third kappa shape index (κ3) is 3.19. The van der Waals surface area contributed by atoms with Gasteiger partial charge in [-0.05, 0) is 48.4 Å². The van der Waals surface area contributed by atoms with E-state index in [0.717, 1.165) is 23.1 Å². The van der Waals surface area contributed by atoms with E-state index in [2.05, 4.69) is 0 Å². The molecule has 2 aromatic rings. The number of halogens is 1. The number of anilines is 1. The number of hydrogen-bond acceptors (Lipinski definition) is 2. The molecule has 0 amide bonds. The quantitative estimate of drug-likeness (QED) is 0.780. The van der Waals surface area contributed by atoms with E-state index in [0.29, 0.717) is 12.1 Å². The average Bonchev–Trinajstić information content (AvgIpc) is 2.38. The highest BCUT2D eigenvalue weighted by Gasteiger charge is 2.05. The molecule has 3 heteroatoms. The van der Waals surface area contributed by atoms with Crippen LogP contribution in [0.1, 0.15) is 21.5 Å². The predicted molar refractivity (Wildman–Crippen MR) is 75.1 cm³/mol. The first-order valence-corrected chi connectivity index (χ1v) is 6.11. The van der Waals surface area contributed by atoms with Crippen LogP contribution in [0.2, 0.25) is 0 Å². The van der Waals surface area contributed by atoms with Crippen LogP contribution >= 0.6 is 0 Å². The topological polar surface area (TPSA) is 20.3 Å². The van der Waals surface area contributed by atoms with Gasteiger partial charge in [-0.3, -0.25) is 4.79 Å². The molecular formula is C16H16FNO. The maximum absolute atomic E-state index is 13.1. The van der Waals surface area contributed by atoms with Crippen molar-refractivity contribution in [2.24, 2.45) is 0 Å². The van der Waals surface area contributed by atoms with Gasteiger partial charge in [-0.1, -0.05) is 12.1 Å². The Labute approximate surface area is 112 Å². The highest BCUT2D eigenvalue weighted by Crippen LogP contribution is 2.19. The van der Waals surface area contributed by atoms with Crippen molar-refractivity contribution in [1.29, 1.82) is 0 Å². The van der Waals surface area contributed by atoms with E-state index >= 15 is 0 Å². The van der Waals surface area contributed by atoms with Gasteiger partial charge in [0.2, 0.25) is 0 Å². The van der Waals surface area contributed by atoms with Crippen molar-refractivity contribution >= 4 is 12.0 Å². The van der Waals surface area contributed by atoms with E-state index in [1.54, 1.807) is 12.1 Å². The first-order valence-electron chi connectivity index (χ1n) is 6.11. The zero-order valence-electron chi connectivity index (χ0n) is 11.1. The first kappa shape index (κ1) is 13.3. The summed E-state index contributed by atoms with van der Waals surface area (Å²) in [7, 11) is 1.94. The van der Waals surface area contributed by atoms with E-state index in [4.69, 9.17) is 0 Å². The highest BCUT2D eigenvalue weighted by atomic mass is 19.1. The molecule has 0 aliphatic carbocycles. The largest absolute Gasteiger partial charge is 0.370 e. The molecule has 0 radical (unpaired) electrons. The summed E-state index contributed by atoms with van der Waals surface area (Å²) >= 11 is 0. The number of aryl methyl sites for hydroxylation is 1. The van der Waals surface area contributed by atoms with Gasteiger partial charge in [-0.25, -0.2) is 4.39 Å². The molecule has 0 aromatic heterocycles. The third-order valence-electron chi connectivity index (χ3n) is 3.13. The zero-order chi connectivity index (χ0) is 13.8. The molecule has 0 aliphatic heterocycles. The van der Waals surface area contributed by atoms with E-state index < -0.39 is 0 Å². The summed E-state index contributed by atoms with van der Waals surface area (Å²) in [4.78, 5) is 12.8. The Morgan fingerprint density at radius 2 is 2.00 bits per heavy atom. The third-order valence-corrected chi connectivity index (χ3v) is 3.13. The van der Waals surface area contributed by atoms with Crippen LogP contribution in [-0.4, -0.2) is 13.3 Å². The van der Waals surface area contributed by atoms with Crippen LogP contribution in [0.15, 0.2) is 42.5 Å². The summed E-state index contributed by atoms with van der Waals surface area (Å²) in [5.41, 5.74) is 3.56. The van der Waals surface area contributed by atoms with Crippen molar-refractivity contribution in [3.8, 4) is 0 Å². The summed E-state index contributed by atoms with van der Waals surface area (Å²) in [6, 6.07) is 12.2. The minimum absolute atomic E-state index is 0.224. The normalized spacial score (nSPS) is 10.3. The van der Waals surface area contributed by atoms with Crippen molar-refractivity contribution in [1.82, 2.24) is 0 Å². The average molecular weight is 257 g/mol. The van der Waals surface area contributed by atoms with Gasteiger partial charge < -0.3 is 4.90 Å². The Balaban J connectivity index is 2.18. The van der Waals surface area contributed by atoms with Gasteiger partial charge in [0.15, 0.2) is 0 Å². The van der Waals surface area contributed by atoms with Gasteiger partial charge in [0, 0.05) is 24.8 Å². The molecule has 0 bridgehead atoms. The van der Waals surface area contributed by atoms with Crippen molar-refractivity contribution < 1.29 is 9.18 Å². The molecule has 0 N–H and O–H groups in total. The van der Waals surface area contributed by atoms with Gasteiger partial charge in [-0.15, -0.1) is 0 Å². The maximum Gasteiger partial charge on any atom is 0.150 e. The molecule has 0 spiro atoms. The summed E-state index contributed by atoms with van der Waals surface area (Å²) in [5.74, 6) is -0.224. The number of carbonyl (C=O) groups excluding carboxylic acids is 1. The molecule has 0 aliphatic rings. The minimum atomic E-state index is -0.224. The molecule has 19 heavy (non-hydrogen) atoms. The number of rotatable bonds is 4. The van der Waals surface area contributed by atoms with Gasteiger partial charge in [-0.2, -0.15) is 0 Å². The SMILES string of the molecule is Cc1cc(N(C)Cc2cccc(F)c2)ccc1C=O. The number of nitrogens with zero attached hydrogens (tertiary/aromatic N) is 1. The summed E-state index contributed by atoms with van der Waals surface area (Å²) < 4.78 is 13.1. The van der Waals surface area contributed by atoms with Gasteiger partial charge in [0.05, 0.1) is 0 Å². The fraction of sp³-hybridized carbons (Fsp3) is 0.188. The van der Waals surface area contributed by atoms with Gasteiger partial charge >= 0.3 is 0 Å². The molecule has 0 fully saturated rings. The van der Waals surface area contributed by atoms with Crippen molar-refractivity contribution in [2.45, 2.75) is 13.5 Å². The number of carbonyl (C=O) groups is 1. The molecular weight excluding hydrogens is 241 g/mol. The Morgan fingerprint density at radius 1 is 1.21 bits per heavy atom. The monoisotopic (exact) mass is 257 g/mol. The van der Waals surface area contributed by atoms with E-state index in [-0.39, 0.29) is 5.82 Å². The zero-order valence-corrected chi connectivity index (χ0v) is 11.1. The van der Waals surface area contributed by atoms with Crippen LogP contribution in [0.5, 0.6) is 0 Å². The fourth-order valence-corrected chi connectivity index (χ4v) is 2.03. The lowest BCUT2D eigenvalue weighted by Gasteiger charge is -2.20. The second kappa shape index (κ2) is 5.65. The Morgan fingerprint density at radius 3 is 2.63 bits per heavy atom. The lowest BCUT2D eigenvalue weighted by atomic mass is 10.1. The summed E-state index contributed by atoms with van der Waals surface area (Å²) in [6.45, 7) is 2.53.